The number of hydrogen-bond donors (Lipinski definition) is 1. The molecule has 1 amide bonds. The smallest absolute Gasteiger partial charge is 0.265 e. The van der Waals surface area contributed by atoms with Crippen molar-refractivity contribution in [1.29, 1.82) is 0 Å². The van der Waals surface area contributed by atoms with Crippen LogP contribution in [0.25, 0.3) is 0 Å². The van der Waals surface area contributed by atoms with E-state index in [1.165, 1.54) is 0 Å². The molecule has 0 bridgehead atoms. The van der Waals surface area contributed by atoms with E-state index in [-0.39, 0.29) is 12.0 Å². The molecule has 4 heteroatoms. The lowest BCUT2D eigenvalue weighted by Gasteiger charge is -2.18. The minimum absolute atomic E-state index is 0.0887. The highest BCUT2D eigenvalue weighted by Gasteiger charge is 2.18. The molecule has 0 unspecified atom stereocenters. The van der Waals surface area contributed by atoms with Crippen molar-refractivity contribution >= 4 is 11.6 Å². The third kappa shape index (κ3) is 5.33. The van der Waals surface area contributed by atoms with Crippen molar-refractivity contribution in [3.8, 4) is 11.5 Å². The summed E-state index contributed by atoms with van der Waals surface area (Å²) < 4.78 is 11.4. The minimum Gasteiger partial charge on any atom is -0.491 e. The van der Waals surface area contributed by atoms with E-state index in [1.807, 2.05) is 75.4 Å². The summed E-state index contributed by atoms with van der Waals surface area (Å²) in [6, 6.07) is 16.7. The van der Waals surface area contributed by atoms with Gasteiger partial charge in [-0.3, -0.25) is 4.79 Å². The van der Waals surface area contributed by atoms with Crippen LogP contribution in [0.5, 0.6) is 11.5 Å². The number of anilines is 1. The molecule has 122 valence electrons. The number of benzene rings is 2. The van der Waals surface area contributed by atoms with Crippen LogP contribution in [0.4, 0.5) is 5.69 Å². The lowest BCUT2D eigenvalue weighted by molar-refractivity contribution is -0.122. The first-order valence-corrected chi connectivity index (χ1v) is 7.87. The first kappa shape index (κ1) is 16.9. The highest BCUT2D eigenvalue weighted by Crippen LogP contribution is 2.20. The average Bonchev–Trinajstić information content (AvgIpc) is 2.53. The zero-order valence-electron chi connectivity index (χ0n) is 13.8. The lowest BCUT2D eigenvalue weighted by Crippen LogP contribution is -2.32. The van der Waals surface area contributed by atoms with Crippen LogP contribution in [0.2, 0.25) is 0 Å². The quantitative estimate of drug-likeness (QED) is 0.830. The van der Waals surface area contributed by atoms with Crippen LogP contribution in [0.1, 0.15) is 27.2 Å². The summed E-state index contributed by atoms with van der Waals surface area (Å²) in [6.45, 7) is 5.85. The molecule has 0 aliphatic rings. The minimum atomic E-state index is -0.535. The molecule has 2 aromatic carbocycles. The fraction of sp³-hybridized carbons (Fsp3) is 0.316. The van der Waals surface area contributed by atoms with Crippen LogP contribution in [-0.4, -0.2) is 18.1 Å². The summed E-state index contributed by atoms with van der Waals surface area (Å²) in [5.74, 6) is 1.25. The Balaban J connectivity index is 2.01. The number of nitrogens with one attached hydrogen (secondary N) is 1. The van der Waals surface area contributed by atoms with Crippen molar-refractivity contribution in [3.63, 3.8) is 0 Å². The number of hydrogen-bond acceptors (Lipinski definition) is 3. The Morgan fingerprint density at radius 1 is 1.00 bits per heavy atom. The molecule has 0 saturated heterocycles. The summed E-state index contributed by atoms with van der Waals surface area (Å²) in [5.41, 5.74) is 0.697. The van der Waals surface area contributed by atoms with E-state index in [0.717, 1.165) is 5.75 Å². The van der Waals surface area contributed by atoms with Gasteiger partial charge in [-0.25, -0.2) is 0 Å². The molecule has 0 aliphatic heterocycles. The highest BCUT2D eigenvalue weighted by atomic mass is 16.5. The lowest BCUT2D eigenvalue weighted by atomic mass is 10.2. The Morgan fingerprint density at radius 2 is 1.70 bits per heavy atom. The van der Waals surface area contributed by atoms with Crippen LogP contribution in [0.15, 0.2) is 54.6 Å². The monoisotopic (exact) mass is 313 g/mol. The molecule has 2 aromatic rings. The topological polar surface area (TPSA) is 47.6 Å². The number of amides is 1. The molecule has 0 aromatic heterocycles. The largest absolute Gasteiger partial charge is 0.491 e. The average molecular weight is 313 g/mol. The molecule has 2 rings (SSSR count). The molecule has 0 aliphatic carbocycles. The van der Waals surface area contributed by atoms with E-state index in [9.17, 15) is 4.79 Å². The van der Waals surface area contributed by atoms with E-state index < -0.39 is 6.10 Å². The van der Waals surface area contributed by atoms with Gasteiger partial charge in [0.15, 0.2) is 6.10 Å². The predicted octanol–water partition coefficient (Wildman–Crippen LogP) is 4.27. The predicted molar refractivity (Wildman–Crippen MR) is 92.0 cm³/mol. The maximum absolute atomic E-state index is 12.4. The van der Waals surface area contributed by atoms with Crippen molar-refractivity contribution in [2.45, 2.75) is 39.4 Å². The van der Waals surface area contributed by atoms with Gasteiger partial charge in [0.1, 0.15) is 11.5 Å². The van der Waals surface area contributed by atoms with Crippen LogP contribution in [0.3, 0.4) is 0 Å². The second kappa shape index (κ2) is 8.22. The van der Waals surface area contributed by atoms with E-state index in [0.29, 0.717) is 17.9 Å². The summed E-state index contributed by atoms with van der Waals surface area (Å²) in [5, 5.41) is 2.88. The summed E-state index contributed by atoms with van der Waals surface area (Å²) >= 11 is 0. The Hall–Kier alpha value is -2.49. The van der Waals surface area contributed by atoms with Gasteiger partial charge in [0.25, 0.3) is 5.91 Å². The van der Waals surface area contributed by atoms with Gasteiger partial charge in [-0.2, -0.15) is 0 Å². The standard InChI is InChI=1S/C19H23NO3/c1-4-18(23-16-10-6-5-7-11-16)19(21)20-15-9-8-12-17(13-15)22-14(2)3/h5-14,18H,4H2,1-3H3,(H,20,21)/t18-/m1/s1. The second-order valence-corrected chi connectivity index (χ2v) is 5.51. The fourth-order valence-electron chi connectivity index (χ4n) is 2.13. The van der Waals surface area contributed by atoms with E-state index in [4.69, 9.17) is 9.47 Å². The van der Waals surface area contributed by atoms with Crippen LogP contribution in [-0.2, 0) is 4.79 Å². The van der Waals surface area contributed by atoms with Crippen LogP contribution < -0.4 is 14.8 Å². The van der Waals surface area contributed by atoms with Crippen molar-refractivity contribution in [2.24, 2.45) is 0 Å². The molecule has 0 spiro atoms. The normalized spacial score (nSPS) is 11.8. The van der Waals surface area contributed by atoms with Gasteiger partial charge < -0.3 is 14.8 Å². The van der Waals surface area contributed by atoms with Gasteiger partial charge in [-0.15, -0.1) is 0 Å². The first-order chi connectivity index (χ1) is 11.1. The summed E-state index contributed by atoms with van der Waals surface area (Å²) in [4.78, 5) is 12.4. The van der Waals surface area contributed by atoms with Crippen molar-refractivity contribution in [1.82, 2.24) is 0 Å². The van der Waals surface area contributed by atoms with Gasteiger partial charge in [0.2, 0.25) is 0 Å². The van der Waals surface area contributed by atoms with Gasteiger partial charge in [0, 0.05) is 11.8 Å². The number of carbonyl (C=O) groups is 1. The van der Waals surface area contributed by atoms with Crippen molar-refractivity contribution < 1.29 is 14.3 Å². The van der Waals surface area contributed by atoms with Crippen LogP contribution in [0, 0.1) is 0 Å². The number of carbonyl (C=O) groups excluding carboxylic acids is 1. The zero-order chi connectivity index (χ0) is 16.7. The van der Waals surface area contributed by atoms with Crippen molar-refractivity contribution in [3.05, 3.63) is 54.6 Å². The molecule has 4 nitrogen and oxygen atoms in total. The molecule has 1 N–H and O–H groups in total. The third-order valence-electron chi connectivity index (χ3n) is 3.16. The Bertz CT molecular complexity index is 626. The molecular weight excluding hydrogens is 290 g/mol. The van der Waals surface area contributed by atoms with Crippen molar-refractivity contribution in [2.75, 3.05) is 5.32 Å². The SMILES string of the molecule is CC[C@@H](Oc1ccccc1)C(=O)Nc1cccc(OC(C)C)c1. The molecule has 0 fully saturated rings. The highest BCUT2D eigenvalue weighted by molar-refractivity contribution is 5.94. The Kier molecular flexibility index (Phi) is 6.03. The zero-order valence-corrected chi connectivity index (χ0v) is 13.8. The van der Waals surface area contributed by atoms with Crippen LogP contribution >= 0.6 is 0 Å². The van der Waals surface area contributed by atoms with Gasteiger partial charge >= 0.3 is 0 Å². The maximum Gasteiger partial charge on any atom is 0.265 e. The maximum atomic E-state index is 12.4. The Morgan fingerprint density at radius 3 is 2.35 bits per heavy atom. The molecule has 23 heavy (non-hydrogen) atoms. The molecule has 0 heterocycles. The van der Waals surface area contributed by atoms with Gasteiger partial charge in [-0.1, -0.05) is 31.2 Å². The van der Waals surface area contributed by atoms with Gasteiger partial charge in [0.05, 0.1) is 6.10 Å². The number of rotatable bonds is 7. The van der Waals surface area contributed by atoms with Gasteiger partial charge in [-0.05, 0) is 44.5 Å². The van der Waals surface area contributed by atoms with E-state index in [2.05, 4.69) is 5.32 Å². The first-order valence-electron chi connectivity index (χ1n) is 7.87. The number of para-hydroxylation sites is 1. The van der Waals surface area contributed by atoms with E-state index >= 15 is 0 Å². The second-order valence-electron chi connectivity index (χ2n) is 5.51. The Labute approximate surface area is 137 Å². The molecule has 1 atom stereocenters. The summed E-state index contributed by atoms with van der Waals surface area (Å²) in [7, 11) is 0. The molecular formula is C19H23NO3. The molecule has 0 radical (unpaired) electrons. The fourth-order valence-corrected chi connectivity index (χ4v) is 2.13. The molecule has 0 saturated carbocycles. The third-order valence-corrected chi connectivity index (χ3v) is 3.16. The number of ether oxygens (including phenoxy) is 2. The summed E-state index contributed by atoms with van der Waals surface area (Å²) in [6.07, 6.45) is 0.140. The van der Waals surface area contributed by atoms with E-state index in [1.54, 1.807) is 0 Å².